The third kappa shape index (κ3) is 5.35. The molecule has 1 saturated heterocycles. The molecule has 2 aromatic rings. The first-order valence-corrected chi connectivity index (χ1v) is 10.8. The first-order chi connectivity index (χ1) is 14.3. The van der Waals surface area contributed by atoms with Crippen molar-refractivity contribution in [3.63, 3.8) is 0 Å². The number of aromatic nitrogens is 3. The molecular weight excluding hydrogens is 364 g/mol. The number of aliphatic imine (C=N–C) groups is 1. The van der Waals surface area contributed by atoms with Gasteiger partial charge in [0.05, 0.1) is 6.10 Å². The van der Waals surface area contributed by atoms with E-state index < -0.39 is 0 Å². The minimum Gasteiger partial charge on any atom is -0.378 e. The maximum atomic E-state index is 6.21. The molecule has 1 saturated carbocycles. The Hall–Kier alpha value is -2.41. The summed E-state index contributed by atoms with van der Waals surface area (Å²) in [4.78, 5) is 11.1. The minimum absolute atomic E-state index is 0.406. The van der Waals surface area contributed by atoms with Gasteiger partial charge in [-0.25, -0.2) is 4.98 Å². The fraction of sp³-hybridized carbons (Fsp3) is 0.591. The van der Waals surface area contributed by atoms with Crippen molar-refractivity contribution >= 4 is 5.96 Å². The third-order valence-corrected chi connectivity index (χ3v) is 6.06. The van der Waals surface area contributed by atoms with Gasteiger partial charge in [0.15, 0.2) is 11.8 Å². The average Bonchev–Trinajstić information content (AvgIpc) is 3.48. The molecule has 1 aromatic carbocycles. The second-order valence-corrected chi connectivity index (χ2v) is 8.11. The van der Waals surface area contributed by atoms with Gasteiger partial charge in [-0.2, -0.15) is 5.10 Å². The molecule has 0 unspecified atom stereocenters. The van der Waals surface area contributed by atoms with Crippen molar-refractivity contribution in [3.05, 3.63) is 36.2 Å². The van der Waals surface area contributed by atoms with Crippen LogP contribution in [0.2, 0.25) is 0 Å². The maximum Gasteiger partial charge on any atom is 0.193 e. The summed E-state index contributed by atoms with van der Waals surface area (Å²) in [6.07, 6.45) is 9.57. The van der Waals surface area contributed by atoms with Crippen LogP contribution in [0, 0.1) is 5.92 Å². The zero-order chi connectivity index (χ0) is 19.9. The van der Waals surface area contributed by atoms with Crippen LogP contribution < -0.4 is 5.32 Å². The Morgan fingerprint density at radius 1 is 1.24 bits per heavy atom. The molecule has 29 heavy (non-hydrogen) atoms. The number of nitrogens with zero attached hydrogens (tertiary/aromatic N) is 4. The Bertz CT molecular complexity index is 776. The molecule has 2 fully saturated rings. The van der Waals surface area contributed by atoms with Crippen LogP contribution in [0.1, 0.15) is 44.1 Å². The highest BCUT2D eigenvalue weighted by Crippen LogP contribution is 2.26. The Balaban J connectivity index is 1.24. The van der Waals surface area contributed by atoms with Crippen molar-refractivity contribution < 1.29 is 4.74 Å². The van der Waals surface area contributed by atoms with Crippen LogP contribution in [0.25, 0.3) is 11.4 Å². The Morgan fingerprint density at radius 3 is 2.79 bits per heavy atom. The molecule has 1 aromatic heterocycles. The predicted octanol–water partition coefficient (Wildman–Crippen LogP) is 3.22. The monoisotopic (exact) mass is 396 g/mol. The first kappa shape index (κ1) is 19.9. The van der Waals surface area contributed by atoms with Crippen LogP contribution in [0.15, 0.2) is 35.6 Å². The van der Waals surface area contributed by atoms with Crippen LogP contribution in [-0.4, -0.2) is 58.9 Å². The molecule has 7 nitrogen and oxygen atoms in total. The van der Waals surface area contributed by atoms with Crippen LogP contribution in [0.3, 0.4) is 0 Å². The molecule has 1 aliphatic carbocycles. The number of nitrogens with one attached hydrogen (secondary N) is 2. The number of ether oxygens (including phenoxy) is 1. The lowest BCUT2D eigenvalue weighted by Crippen LogP contribution is -2.46. The van der Waals surface area contributed by atoms with Crippen molar-refractivity contribution in [1.82, 2.24) is 25.4 Å². The molecule has 2 N–H and O–H groups in total. The summed E-state index contributed by atoms with van der Waals surface area (Å²) in [6, 6.07) is 8.33. The van der Waals surface area contributed by atoms with Crippen LogP contribution in [0.4, 0.5) is 0 Å². The summed E-state index contributed by atoms with van der Waals surface area (Å²) in [7, 11) is 1.86. The van der Waals surface area contributed by atoms with E-state index in [1.807, 2.05) is 19.2 Å². The number of benzene rings is 1. The number of guanidine groups is 1. The Kier molecular flexibility index (Phi) is 6.77. The summed E-state index contributed by atoms with van der Waals surface area (Å²) >= 11 is 0. The highest BCUT2D eigenvalue weighted by atomic mass is 16.5. The Labute approximate surface area is 173 Å². The van der Waals surface area contributed by atoms with Gasteiger partial charge in [0, 0.05) is 38.9 Å². The first-order valence-electron chi connectivity index (χ1n) is 10.8. The molecule has 0 amide bonds. The number of aromatic amines is 1. The molecule has 0 atom stereocenters. The van der Waals surface area contributed by atoms with E-state index in [0.29, 0.717) is 6.10 Å². The van der Waals surface area contributed by atoms with Crippen molar-refractivity contribution in [2.45, 2.75) is 51.2 Å². The number of rotatable bonds is 6. The second kappa shape index (κ2) is 9.87. The van der Waals surface area contributed by atoms with Gasteiger partial charge in [-0.1, -0.05) is 31.0 Å². The second-order valence-electron chi connectivity index (χ2n) is 8.11. The molecule has 0 spiro atoms. The minimum atomic E-state index is 0.406. The molecule has 2 heterocycles. The molecule has 156 valence electrons. The van der Waals surface area contributed by atoms with Crippen LogP contribution in [-0.2, 0) is 11.3 Å². The number of hydrogen-bond donors (Lipinski definition) is 2. The zero-order valence-electron chi connectivity index (χ0n) is 17.3. The van der Waals surface area contributed by atoms with Crippen LogP contribution >= 0.6 is 0 Å². The van der Waals surface area contributed by atoms with Crippen molar-refractivity contribution in [2.24, 2.45) is 10.9 Å². The van der Waals surface area contributed by atoms with Gasteiger partial charge in [-0.15, -0.1) is 0 Å². The van der Waals surface area contributed by atoms with Gasteiger partial charge < -0.3 is 15.0 Å². The van der Waals surface area contributed by atoms with Gasteiger partial charge >= 0.3 is 0 Å². The molecule has 0 bridgehead atoms. The zero-order valence-corrected chi connectivity index (χ0v) is 17.3. The lowest BCUT2D eigenvalue weighted by atomic mass is 10.1. The van der Waals surface area contributed by atoms with E-state index in [2.05, 4.69) is 42.5 Å². The standard InChI is InChI=1S/C22H32N6O/c1-23-22(24-14-18-7-4-8-19(13-18)21-25-16-26-27-21)28-11-9-20(10-12-28)29-15-17-5-2-3-6-17/h4,7-8,13,16-17,20H,2-3,5-6,9-12,14-15H2,1H3,(H,23,24)(H,25,26,27). The number of H-pyrrole nitrogens is 1. The van der Waals surface area contributed by atoms with E-state index >= 15 is 0 Å². The van der Waals surface area contributed by atoms with Gasteiger partial charge in [0.1, 0.15) is 6.33 Å². The van der Waals surface area contributed by atoms with E-state index in [0.717, 1.165) is 62.3 Å². The molecule has 2 aliphatic rings. The maximum absolute atomic E-state index is 6.21. The van der Waals surface area contributed by atoms with Gasteiger partial charge in [-0.05, 0) is 43.2 Å². The number of piperidine rings is 1. The average molecular weight is 397 g/mol. The quantitative estimate of drug-likeness (QED) is 0.579. The molecule has 0 radical (unpaired) electrons. The lowest BCUT2D eigenvalue weighted by Gasteiger charge is -2.34. The lowest BCUT2D eigenvalue weighted by molar-refractivity contribution is 0.00101. The van der Waals surface area contributed by atoms with Gasteiger partial charge in [0.25, 0.3) is 0 Å². The molecule has 7 heteroatoms. The molecule has 4 rings (SSSR count). The SMILES string of the molecule is CN=C(NCc1cccc(-c2ncn[nH]2)c1)N1CCC(OCC2CCCC2)CC1. The normalized spacial score (nSPS) is 19.1. The fourth-order valence-corrected chi connectivity index (χ4v) is 4.37. The Morgan fingerprint density at radius 2 is 2.07 bits per heavy atom. The summed E-state index contributed by atoms with van der Waals surface area (Å²) in [5.41, 5.74) is 2.23. The third-order valence-electron chi connectivity index (χ3n) is 6.06. The largest absolute Gasteiger partial charge is 0.378 e. The highest BCUT2D eigenvalue weighted by Gasteiger charge is 2.23. The molecule has 1 aliphatic heterocycles. The van der Waals surface area contributed by atoms with E-state index in [1.54, 1.807) is 0 Å². The highest BCUT2D eigenvalue weighted by molar-refractivity contribution is 5.80. The van der Waals surface area contributed by atoms with Crippen molar-refractivity contribution in [1.29, 1.82) is 0 Å². The summed E-state index contributed by atoms with van der Waals surface area (Å²) in [6.45, 7) is 3.67. The van der Waals surface area contributed by atoms with E-state index in [9.17, 15) is 0 Å². The molecular formula is C22H32N6O. The van der Waals surface area contributed by atoms with E-state index in [1.165, 1.54) is 37.6 Å². The summed E-state index contributed by atoms with van der Waals surface area (Å²) in [5.74, 6) is 2.55. The fourth-order valence-electron chi connectivity index (χ4n) is 4.37. The van der Waals surface area contributed by atoms with E-state index in [4.69, 9.17) is 4.74 Å². The smallest absolute Gasteiger partial charge is 0.193 e. The van der Waals surface area contributed by atoms with Gasteiger partial charge in [0.2, 0.25) is 0 Å². The van der Waals surface area contributed by atoms with Crippen molar-refractivity contribution in [3.8, 4) is 11.4 Å². The predicted molar refractivity (Wildman–Crippen MR) is 115 cm³/mol. The van der Waals surface area contributed by atoms with Crippen molar-refractivity contribution in [2.75, 3.05) is 26.7 Å². The summed E-state index contributed by atoms with van der Waals surface area (Å²) < 4.78 is 6.21. The summed E-state index contributed by atoms with van der Waals surface area (Å²) in [5, 5.41) is 10.4. The number of hydrogen-bond acceptors (Lipinski definition) is 4. The number of likely N-dealkylation sites (tertiary alicyclic amines) is 1. The topological polar surface area (TPSA) is 78.4 Å². The van der Waals surface area contributed by atoms with Crippen LogP contribution in [0.5, 0.6) is 0 Å². The van der Waals surface area contributed by atoms with Gasteiger partial charge in [-0.3, -0.25) is 10.1 Å². The van der Waals surface area contributed by atoms with E-state index in [-0.39, 0.29) is 0 Å².